The van der Waals surface area contributed by atoms with E-state index in [-0.39, 0.29) is 6.04 Å². The van der Waals surface area contributed by atoms with Crippen LogP contribution in [0.15, 0.2) is 41.1 Å². The molecule has 0 aliphatic rings. The summed E-state index contributed by atoms with van der Waals surface area (Å²) in [7, 11) is 0. The van der Waals surface area contributed by atoms with Gasteiger partial charge in [0.2, 0.25) is 0 Å². The van der Waals surface area contributed by atoms with E-state index in [1.54, 1.807) is 12.4 Å². The molecule has 0 amide bonds. The maximum absolute atomic E-state index is 6.19. The first-order chi connectivity index (χ1) is 9.60. The van der Waals surface area contributed by atoms with E-state index in [2.05, 4.69) is 39.2 Å². The van der Waals surface area contributed by atoms with Gasteiger partial charge in [0.15, 0.2) is 0 Å². The Kier molecular flexibility index (Phi) is 5.85. The molecule has 0 spiro atoms. The number of benzene rings is 1. The maximum Gasteiger partial charge on any atom is 0.0622 e. The molecule has 0 saturated heterocycles. The largest absolute Gasteiger partial charge is 0.310 e. The van der Waals surface area contributed by atoms with Crippen molar-refractivity contribution in [3.63, 3.8) is 0 Å². The van der Waals surface area contributed by atoms with Crippen LogP contribution < -0.4 is 5.32 Å². The Morgan fingerprint density at radius 1 is 1.30 bits per heavy atom. The molecule has 0 aliphatic heterocycles. The molecular formula is C15H15BrCl2N2. The minimum atomic E-state index is 0.162. The highest BCUT2D eigenvalue weighted by atomic mass is 79.9. The Bertz CT molecular complexity index is 570. The van der Waals surface area contributed by atoms with Crippen molar-refractivity contribution in [3.05, 3.63) is 62.3 Å². The second-order valence-corrected chi connectivity index (χ2v) is 6.24. The number of halogens is 3. The summed E-state index contributed by atoms with van der Waals surface area (Å²) in [6, 6.07) is 8.05. The van der Waals surface area contributed by atoms with E-state index in [0.717, 1.165) is 33.6 Å². The van der Waals surface area contributed by atoms with Gasteiger partial charge in [-0.2, -0.15) is 0 Å². The Morgan fingerprint density at radius 3 is 2.75 bits per heavy atom. The fourth-order valence-corrected chi connectivity index (χ4v) is 3.20. The van der Waals surface area contributed by atoms with E-state index >= 15 is 0 Å². The Hall–Kier alpha value is -0.610. The topological polar surface area (TPSA) is 24.9 Å². The second kappa shape index (κ2) is 7.41. The monoisotopic (exact) mass is 372 g/mol. The van der Waals surface area contributed by atoms with Crippen LogP contribution in [0.25, 0.3) is 0 Å². The third-order valence-corrected chi connectivity index (χ3v) is 4.03. The number of hydrogen-bond donors (Lipinski definition) is 1. The van der Waals surface area contributed by atoms with E-state index < -0.39 is 0 Å². The molecule has 2 rings (SSSR count). The van der Waals surface area contributed by atoms with E-state index in [4.69, 9.17) is 23.2 Å². The zero-order valence-corrected chi connectivity index (χ0v) is 14.1. The standard InChI is InChI=1S/C15H15BrCl2N2/c1-2-20-15(7-10-3-4-19-9-14(10)18)11-5-12(16)8-13(17)6-11/h3-6,8-9,15,20H,2,7H2,1H3. The lowest BCUT2D eigenvalue weighted by Crippen LogP contribution is -2.23. The average molecular weight is 374 g/mol. The van der Waals surface area contributed by atoms with Crippen molar-refractivity contribution in [2.24, 2.45) is 0 Å². The van der Waals surface area contributed by atoms with Crippen molar-refractivity contribution in [2.75, 3.05) is 6.54 Å². The highest BCUT2D eigenvalue weighted by Gasteiger charge is 2.14. The highest BCUT2D eigenvalue weighted by Crippen LogP contribution is 2.27. The summed E-state index contributed by atoms with van der Waals surface area (Å²) in [6.45, 7) is 2.96. The van der Waals surface area contributed by atoms with E-state index in [1.807, 2.05) is 18.2 Å². The molecule has 106 valence electrons. The fraction of sp³-hybridized carbons (Fsp3) is 0.267. The summed E-state index contributed by atoms with van der Waals surface area (Å²) in [5.74, 6) is 0. The van der Waals surface area contributed by atoms with Gasteiger partial charge in [0, 0.05) is 27.9 Å². The van der Waals surface area contributed by atoms with Gasteiger partial charge in [-0.15, -0.1) is 0 Å². The molecule has 0 fully saturated rings. The SMILES string of the molecule is CCNC(Cc1ccncc1Cl)c1cc(Cl)cc(Br)c1. The van der Waals surface area contributed by atoms with Crippen molar-refractivity contribution < 1.29 is 0 Å². The molecule has 1 aromatic heterocycles. The Labute approximate surface area is 137 Å². The van der Waals surface area contributed by atoms with Gasteiger partial charge in [0.25, 0.3) is 0 Å². The quantitative estimate of drug-likeness (QED) is 0.793. The van der Waals surface area contributed by atoms with Gasteiger partial charge >= 0.3 is 0 Å². The minimum Gasteiger partial charge on any atom is -0.310 e. The zero-order chi connectivity index (χ0) is 14.5. The van der Waals surface area contributed by atoms with Gasteiger partial charge in [-0.1, -0.05) is 46.1 Å². The van der Waals surface area contributed by atoms with Crippen molar-refractivity contribution >= 4 is 39.1 Å². The molecule has 1 unspecified atom stereocenters. The predicted molar refractivity (Wildman–Crippen MR) is 88.5 cm³/mol. The van der Waals surface area contributed by atoms with Crippen LogP contribution in [0, 0.1) is 0 Å². The third kappa shape index (κ3) is 4.19. The van der Waals surface area contributed by atoms with Gasteiger partial charge in [0.1, 0.15) is 0 Å². The zero-order valence-electron chi connectivity index (χ0n) is 11.0. The van der Waals surface area contributed by atoms with Crippen molar-refractivity contribution in [3.8, 4) is 0 Å². The summed E-state index contributed by atoms with van der Waals surface area (Å²) in [5.41, 5.74) is 2.21. The first-order valence-electron chi connectivity index (χ1n) is 6.38. The molecule has 2 aromatic rings. The van der Waals surface area contributed by atoms with Crippen molar-refractivity contribution in [2.45, 2.75) is 19.4 Å². The number of hydrogen-bond acceptors (Lipinski definition) is 2. The lowest BCUT2D eigenvalue weighted by Gasteiger charge is -2.19. The van der Waals surface area contributed by atoms with Crippen LogP contribution in [0.5, 0.6) is 0 Å². The lowest BCUT2D eigenvalue weighted by molar-refractivity contribution is 0.549. The van der Waals surface area contributed by atoms with Crippen LogP contribution >= 0.6 is 39.1 Å². The van der Waals surface area contributed by atoms with E-state index in [9.17, 15) is 0 Å². The van der Waals surface area contributed by atoms with Crippen LogP contribution in [0.4, 0.5) is 0 Å². The summed E-state index contributed by atoms with van der Waals surface area (Å²) >= 11 is 15.8. The molecule has 5 heteroatoms. The smallest absolute Gasteiger partial charge is 0.0622 e. The number of pyridine rings is 1. The van der Waals surface area contributed by atoms with Gasteiger partial charge in [-0.05, 0) is 48.4 Å². The predicted octanol–water partition coefficient (Wildman–Crippen LogP) is 5.04. The van der Waals surface area contributed by atoms with E-state index in [1.165, 1.54) is 0 Å². The third-order valence-electron chi connectivity index (χ3n) is 3.02. The molecule has 0 aliphatic carbocycles. The van der Waals surface area contributed by atoms with Crippen LogP contribution in [-0.2, 0) is 6.42 Å². The summed E-state index contributed by atoms with van der Waals surface area (Å²) in [4.78, 5) is 4.02. The van der Waals surface area contributed by atoms with Crippen LogP contribution in [0.2, 0.25) is 10.0 Å². The number of likely N-dealkylation sites (N-methyl/N-ethyl adjacent to an activating group) is 1. The van der Waals surface area contributed by atoms with Gasteiger partial charge in [0.05, 0.1) is 5.02 Å². The number of nitrogens with one attached hydrogen (secondary N) is 1. The van der Waals surface area contributed by atoms with Crippen molar-refractivity contribution in [1.29, 1.82) is 0 Å². The van der Waals surface area contributed by atoms with Crippen molar-refractivity contribution in [1.82, 2.24) is 10.3 Å². The minimum absolute atomic E-state index is 0.162. The first-order valence-corrected chi connectivity index (χ1v) is 7.92. The fourth-order valence-electron chi connectivity index (χ4n) is 2.12. The molecule has 2 nitrogen and oxygen atoms in total. The highest BCUT2D eigenvalue weighted by molar-refractivity contribution is 9.10. The summed E-state index contributed by atoms with van der Waals surface area (Å²) < 4.78 is 0.976. The molecule has 20 heavy (non-hydrogen) atoms. The molecule has 0 bridgehead atoms. The normalized spacial score (nSPS) is 12.4. The van der Waals surface area contributed by atoms with Gasteiger partial charge in [-0.3, -0.25) is 4.98 Å². The molecular weight excluding hydrogens is 359 g/mol. The van der Waals surface area contributed by atoms with Gasteiger partial charge < -0.3 is 5.32 Å². The van der Waals surface area contributed by atoms with Gasteiger partial charge in [-0.25, -0.2) is 0 Å². The second-order valence-electron chi connectivity index (χ2n) is 4.48. The molecule has 1 N–H and O–H groups in total. The molecule has 1 aromatic carbocycles. The van der Waals surface area contributed by atoms with Crippen LogP contribution in [-0.4, -0.2) is 11.5 Å². The Morgan fingerprint density at radius 2 is 2.10 bits per heavy atom. The molecule has 0 radical (unpaired) electrons. The van der Waals surface area contributed by atoms with Crippen LogP contribution in [0.3, 0.4) is 0 Å². The number of rotatable bonds is 5. The Balaban J connectivity index is 2.29. The first kappa shape index (κ1) is 15.8. The van der Waals surface area contributed by atoms with E-state index in [0.29, 0.717) is 5.02 Å². The average Bonchev–Trinajstić information content (AvgIpc) is 2.39. The number of aromatic nitrogens is 1. The van der Waals surface area contributed by atoms with Crippen LogP contribution in [0.1, 0.15) is 24.1 Å². The molecule has 0 saturated carbocycles. The molecule has 1 atom stereocenters. The lowest BCUT2D eigenvalue weighted by atomic mass is 9.99. The molecule has 1 heterocycles. The summed E-state index contributed by atoms with van der Waals surface area (Å²) in [5, 5.41) is 4.88. The number of nitrogens with zero attached hydrogens (tertiary/aromatic N) is 1. The maximum atomic E-state index is 6.19. The summed E-state index contributed by atoms with van der Waals surface area (Å²) in [6.07, 6.45) is 4.23.